The van der Waals surface area contributed by atoms with Gasteiger partial charge in [0.2, 0.25) is 0 Å². The molecule has 1 heterocycles. The molecule has 1 saturated carbocycles. The predicted octanol–water partition coefficient (Wildman–Crippen LogP) is 2.01. The lowest BCUT2D eigenvalue weighted by atomic mass is 9.71. The Balaban J connectivity index is 1.95. The van der Waals surface area contributed by atoms with Gasteiger partial charge in [-0.3, -0.25) is 0 Å². The summed E-state index contributed by atoms with van der Waals surface area (Å²) in [5.41, 5.74) is 6.82. The molecular weight excluding hydrogens is 264 g/mol. The van der Waals surface area contributed by atoms with E-state index in [0.717, 1.165) is 30.8 Å². The smallest absolute Gasteiger partial charge is 0.330 e. The van der Waals surface area contributed by atoms with E-state index in [4.69, 9.17) is 5.73 Å². The molecule has 1 fully saturated rings. The molecule has 3 rings (SSSR count). The molecule has 0 amide bonds. The Bertz CT molecular complexity index is 638. The van der Waals surface area contributed by atoms with Crippen molar-refractivity contribution in [3.63, 3.8) is 0 Å². The van der Waals surface area contributed by atoms with Crippen LogP contribution in [-0.2, 0) is 6.42 Å². The second kappa shape index (κ2) is 5.85. The van der Waals surface area contributed by atoms with Crippen LogP contribution in [0.3, 0.4) is 0 Å². The number of H-pyrrole nitrogens is 1. The second-order valence-electron chi connectivity index (χ2n) is 6.06. The van der Waals surface area contributed by atoms with E-state index in [1.165, 1.54) is 19.3 Å². The van der Waals surface area contributed by atoms with Crippen LogP contribution in [0.1, 0.15) is 37.9 Å². The summed E-state index contributed by atoms with van der Waals surface area (Å²) < 4.78 is 1.67. The molecule has 1 aliphatic carbocycles. The highest BCUT2D eigenvalue weighted by molar-refractivity contribution is 5.32. The van der Waals surface area contributed by atoms with Crippen molar-refractivity contribution < 1.29 is 0 Å². The Kier molecular flexibility index (Phi) is 3.92. The normalized spacial score (nSPS) is 17.8. The Labute approximate surface area is 124 Å². The van der Waals surface area contributed by atoms with Crippen LogP contribution in [0.2, 0.25) is 0 Å². The third kappa shape index (κ3) is 2.78. The van der Waals surface area contributed by atoms with Crippen LogP contribution in [0.15, 0.2) is 35.1 Å². The van der Waals surface area contributed by atoms with Gasteiger partial charge in [-0.2, -0.15) is 5.10 Å². The van der Waals surface area contributed by atoms with E-state index < -0.39 is 0 Å². The van der Waals surface area contributed by atoms with E-state index in [-0.39, 0.29) is 11.1 Å². The summed E-state index contributed by atoms with van der Waals surface area (Å²) in [6.07, 6.45) is 6.73. The van der Waals surface area contributed by atoms with Crippen LogP contribution in [0.25, 0.3) is 5.69 Å². The average molecular weight is 286 g/mol. The van der Waals surface area contributed by atoms with Crippen LogP contribution in [0.5, 0.6) is 0 Å². The van der Waals surface area contributed by atoms with E-state index in [1.54, 1.807) is 4.57 Å². The minimum absolute atomic E-state index is 0.0937. The first-order valence-corrected chi connectivity index (χ1v) is 7.66. The summed E-state index contributed by atoms with van der Waals surface area (Å²) in [6.45, 7) is 0.656. The molecule has 1 aromatic carbocycles. The fourth-order valence-corrected chi connectivity index (χ4v) is 3.38. The summed E-state index contributed by atoms with van der Waals surface area (Å²) in [4.78, 5) is 12.1. The lowest BCUT2D eigenvalue weighted by Crippen LogP contribution is -2.36. The van der Waals surface area contributed by atoms with Gasteiger partial charge in [-0.1, -0.05) is 37.5 Å². The number of aromatic nitrogens is 3. The number of nitrogens with one attached hydrogen (secondary N) is 1. The van der Waals surface area contributed by atoms with Crippen molar-refractivity contribution >= 4 is 0 Å². The van der Waals surface area contributed by atoms with Gasteiger partial charge in [0, 0.05) is 6.42 Å². The highest BCUT2D eigenvalue weighted by atomic mass is 16.1. The molecule has 112 valence electrons. The standard InChI is InChI=1S/C16H22N4O/c17-12-16(9-5-2-6-10-16)11-14-18-19-15(21)20(14)13-7-3-1-4-8-13/h1,3-4,7-8H,2,5-6,9-12,17H2,(H,19,21). The summed E-state index contributed by atoms with van der Waals surface area (Å²) in [6, 6.07) is 9.65. The number of nitrogens with zero attached hydrogens (tertiary/aromatic N) is 2. The molecule has 1 aliphatic rings. The molecule has 5 heteroatoms. The van der Waals surface area contributed by atoms with Crippen LogP contribution in [-0.4, -0.2) is 21.3 Å². The number of rotatable bonds is 4. The number of nitrogens with two attached hydrogens (primary N) is 1. The Hall–Kier alpha value is -1.88. The fraction of sp³-hybridized carbons (Fsp3) is 0.500. The van der Waals surface area contributed by atoms with Gasteiger partial charge in [-0.05, 0) is 36.9 Å². The topological polar surface area (TPSA) is 76.7 Å². The van der Waals surface area contributed by atoms with Crippen molar-refractivity contribution in [3.8, 4) is 5.69 Å². The second-order valence-corrected chi connectivity index (χ2v) is 6.06. The van der Waals surface area contributed by atoms with E-state index >= 15 is 0 Å². The zero-order valence-corrected chi connectivity index (χ0v) is 12.2. The summed E-state index contributed by atoms with van der Waals surface area (Å²) in [5.74, 6) is 0.790. The largest absolute Gasteiger partial charge is 0.347 e. The summed E-state index contributed by atoms with van der Waals surface area (Å²) in [7, 11) is 0. The molecule has 1 aromatic heterocycles. The maximum atomic E-state index is 12.1. The summed E-state index contributed by atoms with van der Waals surface area (Å²) in [5, 5.41) is 6.83. The SMILES string of the molecule is NCC1(Cc2n[nH]c(=O)n2-c2ccccc2)CCCCC1. The van der Waals surface area contributed by atoms with Crippen molar-refractivity contribution in [1.29, 1.82) is 0 Å². The number of aromatic amines is 1. The molecule has 5 nitrogen and oxygen atoms in total. The maximum absolute atomic E-state index is 12.1. The van der Waals surface area contributed by atoms with Crippen molar-refractivity contribution in [2.45, 2.75) is 38.5 Å². The lowest BCUT2D eigenvalue weighted by molar-refractivity contribution is 0.192. The highest BCUT2D eigenvalue weighted by Crippen LogP contribution is 2.38. The van der Waals surface area contributed by atoms with Crippen molar-refractivity contribution in [3.05, 3.63) is 46.6 Å². The molecule has 0 bridgehead atoms. The first-order valence-electron chi connectivity index (χ1n) is 7.66. The third-order valence-corrected chi connectivity index (χ3v) is 4.64. The molecule has 0 saturated heterocycles. The van der Waals surface area contributed by atoms with Crippen molar-refractivity contribution in [2.24, 2.45) is 11.1 Å². The zero-order valence-electron chi connectivity index (χ0n) is 12.2. The minimum Gasteiger partial charge on any atom is -0.330 e. The molecule has 0 spiro atoms. The Morgan fingerprint density at radius 3 is 2.57 bits per heavy atom. The van der Waals surface area contributed by atoms with Gasteiger partial charge in [-0.25, -0.2) is 14.5 Å². The van der Waals surface area contributed by atoms with E-state index in [2.05, 4.69) is 10.2 Å². The number of benzene rings is 1. The Morgan fingerprint density at radius 1 is 1.19 bits per heavy atom. The van der Waals surface area contributed by atoms with Crippen LogP contribution >= 0.6 is 0 Å². The predicted molar refractivity (Wildman–Crippen MR) is 82.5 cm³/mol. The van der Waals surface area contributed by atoms with E-state index in [0.29, 0.717) is 6.54 Å². The van der Waals surface area contributed by atoms with Gasteiger partial charge in [0.25, 0.3) is 0 Å². The first-order chi connectivity index (χ1) is 10.2. The average Bonchev–Trinajstić information content (AvgIpc) is 2.89. The van der Waals surface area contributed by atoms with Gasteiger partial charge in [0.05, 0.1) is 5.69 Å². The quantitative estimate of drug-likeness (QED) is 0.902. The Morgan fingerprint density at radius 2 is 1.90 bits per heavy atom. The molecule has 0 radical (unpaired) electrons. The molecule has 21 heavy (non-hydrogen) atoms. The number of hydrogen-bond donors (Lipinski definition) is 2. The monoisotopic (exact) mass is 286 g/mol. The number of para-hydroxylation sites is 1. The van der Waals surface area contributed by atoms with Crippen molar-refractivity contribution in [1.82, 2.24) is 14.8 Å². The van der Waals surface area contributed by atoms with Crippen LogP contribution in [0, 0.1) is 5.41 Å². The fourth-order valence-electron chi connectivity index (χ4n) is 3.38. The molecule has 0 atom stereocenters. The molecule has 0 aliphatic heterocycles. The molecule has 3 N–H and O–H groups in total. The van der Waals surface area contributed by atoms with Crippen LogP contribution < -0.4 is 11.4 Å². The highest BCUT2D eigenvalue weighted by Gasteiger charge is 2.33. The third-order valence-electron chi connectivity index (χ3n) is 4.64. The summed E-state index contributed by atoms with van der Waals surface area (Å²) >= 11 is 0. The molecule has 0 unspecified atom stereocenters. The van der Waals surface area contributed by atoms with Gasteiger partial charge in [0.1, 0.15) is 5.82 Å². The van der Waals surface area contributed by atoms with Crippen molar-refractivity contribution in [2.75, 3.05) is 6.54 Å². The van der Waals surface area contributed by atoms with E-state index in [1.807, 2.05) is 30.3 Å². The van der Waals surface area contributed by atoms with Gasteiger partial charge in [0.15, 0.2) is 0 Å². The molecule has 2 aromatic rings. The van der Waals surface area contributed by atoms with E-state index in [9.17, 15) is 4.79 Å². The van der Waals surface area contributed by atoms with Crippen LogP contribution in [0.4, 0.5) is 0 Å². The number of hydrogen-bond acceptors (Lipinski definition) is 3. The first kappa shape index (κ1) is 14.1. The van der Waals surface area contributed by atoms with Gasteiger partial charge < -0.3 is 5.73 Å². The van der Waals surface area contributed by atoms with Gasteiger partial charge >= 0.3 is 5.69 Å². The lowest BCUT2D eigenvalue weighted by Gasteiger charge is -2.35. The van der Waals surface area contributed by atoms with Gasteiger partial charge in [-0.15, -0.1) is 0 Å². The zero-order chi connectivity index (χ0) is 14.7. The maximum Gasteiger partial charge on any atom is 0.347 e. The minimum atomic E-state index is -0.181. The molecular formula is C16H22N4O.